The van der Waals surface area contributed by atoms with E-state index in [9.17, 15) is 10.1 Å². The van der Waals surface area contributed by atoms with E-state index < -0.39 is 4.92 Å². The number of nitrogen functional groups attached to an aromatic ring is 1. The van der Waals surface area contributed by atoms with Crippen LogP contribution >= 0.6 is 0 Å². The highest BCUT2D eigenvalue weighted by Gasteiger charge is 2.28. The number of nitrogens with zero attached hydrogens (tertiary/aromatic N) is 3. The number of nitro groups is 1. The van der Waals surface area contributed by atoms with Gasteiger partial charge in [-0.1, -0.05) is 0 Å². The third-order valence-corrected chi connectivity index (χ3v) is 3.82. The third-order valence-electron chi connectivity index (χ3n) is 3.82. The fourth-order valence-electron chi connectivity index (χ4n) is 2.62. The minimum Gasteiger partial charge on any atom is -0.378 e. The van der Waals surface area contributed by atoms with E-state index in [1.54, 1.807) is 6.07 Å². The molecular weight excluding hydrogens is 270 g/mol. The van der Waals surface area contributed by atoms with Crippen LogP contribution in [-0.4, -0.2) is 39.5 Å². The predicted molar refractivity (Wildman–Crippen MR) is 83.3 cm³/mol. The van der Waals surface area contributed by atoms with Crippen LogP contribution in [0.1, 0.15) is 33.6 Å². The molecule has 0 radical (unpaired) electrons. The first-order valence-electron chi connectivity index (χ1n) is 7.20. The Morgan fingerprint density at radius 1 is 1.48 bits per heavy atom. The molecule has 3 N–H and O–H groups in total. The molecule has 2 rings (SSSR count). The molecule has 1 fully saturated rings. The monoisotopic (exact) mass is 293 g/mol. The first kappa shape index (κ1) is 15.5. The van der Waals surface area contributed by atoms with Crippen LogP contribution in [0, 0.1) is 10.1 Å². The van der Waals surface area contributed by atoms with E-state index in [2.05, 4.69) is 36.0 Å². The molecule has 1 unspecified atom stereocenters. The molecule has 7 nitrogen and oxygen atoms in total. The van der Waals surface area contributed by atoms with E-state index in [4.69, 9.17) is 5.73 Å². The lowest BCUT2D eigenvalue weighted by Crippen LogP contribution is -2.50. The molecule has 1 atom stereocenters. The van der Waals surface area contributed by atoms with Gasteiger partial charge in [0, 0.05) is 24.2 Å². The Morgan fingerprint density at radius 2 is 2.19 bits per heavy atom. The molecule has 7 heteroatoms. The van der Waals surface area contributed by atoms with Gasteiger partial charge in [-0.15, -0.1) is 0 Å². The third kappa shape index (κ3) is 3.81. The van der Waals surface area contributed by atoms with E-state index in [1.807, 2.05) is 0 Å². The maximum absolute atomic E-state index is 10.7. The molecule has 1 aliphatic rings. The van der Waals surface area contributed by atoms with Gasteiger partial charge in [-0.2, -0.15) is 0 Å². The zero-order valence-electron chi connectivity index (χ0n) is 12.8. The van der Waals surface area contributed by atoms with Gasteiger partial charge >= 0.3 is 5.69 Å². The summed E-state index contributed by atoms with van der Waals surface area (Å²) in [5, 5.41) is 14.1. The standard InChI is InChI=1S/C14H23N5O2/c1-14(2,3)18-8-4-5-10(9-18)16-12-7-6-11(19(20)21)13(15)17-12/h6-7,10H,4-5,8-9H2,1-3H3,(H3,15,16,17). The lowest BCUT2D eigenvalue weighted by Gasteiger charge is -2.41. The number of aromatic nitrogens is 1. The van der Waals surface area contributed by atoms with Crippen LogP contribution < -0.4 is 11.1 Å². The number of likely N-dealkylation sites (tertiary alicyclic amines) is 1. The Hall–Kier alpha value is -1.89. The lowest BCUT2D eigenvalue weighted by atomic mass is 9.98. The van der Waals surface area contributed by atoms with E-state index >= 15 is 0 Å². The topological polar surface area (TPSA) is 97.3 Å². The normalized spacial score (nSPS) is 20.2. The van der Waals surface area contributed by atoms with Gasteiger partial charge in [0.15, 0.2) is 0 Å². The van der Waals surface area contributed by atoms with Gasteiger partial charge in [0.1, 0.15) is 5.82 Å². The lowest BCUT2D eigenvalue weighted by molar-refractivity contribution is -0.384. The molecule has 0 spiro atoms. The fraction of sp³-hybridized carbons (Fsp3) is 0.643. The smallest absolute Gasteiger partial charge is 0.311 e. The van der Waals surface area contributed by atoms with E-state index in [0.717, 1.165) is 25.9 Å². The van der Waals surface area contributed by atoms with Gasteiger partial charge in [-0.3, -0.25) is 15.0 Å². The number of pyridine rings is 1. The Kier molecular flexibility index (Phi) is 4.32. The van der Waals surface area contributed by atoms with Gasteiger partial charge in [-0.05, 0) is 46.2 Å². The van der Waals surface area contributed by atoms with Gasteiger partial charge in [-0.25, -0.2) is 4.98 Å². The molecule has 21 heavy (non-hydrogen) atoms. The van der Waals surface area contributed by atoms with Crippen LogP contribution in [0.25, 0.3) is 0 Å². The molecule has 0 aliphatic carbocycles. The molecule has 116 valence electrons. The highest BCUT2D eigenvalue weighted by molar-refractivity contribution is 5.57. The maximum Gasteiger partial charge on any atom is 0.311 e. The average molecular weight is 293 g/mol. The first-order valence-corrected chi connectivity index (χ1v) is 7.20. The van der Waals surface area contributed by atoms with Crippen LogP contribution in [0.5, 0.6) is 0 Å². The number of anilines is 2. The van der Waals surface area contributed by atoms with Crippen molar-refractivity contribution in [2.24, 2.45) is 0 Å². The molecule has 1 saturated heterocycles. The van der Waals surface area contributed by atoms with Crippen molar-refractivity contribution >= 4 is 17.3 Å². The van der Waals surface area contributed by atoms with E-state index in [-0.39, 0.29) is 23.1 Å². The summed E-state index contributed by atoms with van der Waals surface area (Å²) >= 11 is 0. The highest BCUT2D eigenvalue weighted by Crippen LogP contribution is 2.24. The van der Waals surface area contributed by atoms with Crippen LogP contribution in [-0.2, 0) is 0 Å². The molecule has 1 aliphatic heterocycles. The van der Waals surface area contributed by atoms with Crippen molar-refractivity contribution < 1.29 is 4.92 Å². The second kappa shape index (κ2) is 5.85. The minimum atomic E-state index is -0.520. The average Bonchev–Trinajstić information content (AvgIpc) is 2.37. The molecule has 0 bridgehead atoms. The fourth-order valence-corrected chi connectivity index (χ4v) is 2.62. The highest BCUT2D eigenvalue weighted by atomic mass is 16.6. The van der Waals surface area contributed by atoms with Crippen LogP contribution in [0.2, 0.25) is 0 Å². The largest absolute Gasteiger partial charge is 0.378 e. The van der Waals surface area contributed by atoms with Gasteiger partial charge < -0.3 is 11.1 Å². The molecule has 0 aromatic carbocycles. The molecule has 1 aromatic rings. The summed E-state index contributed by atoms with van der Waals surface area (Å²) in [6, 6.07) is 3.30. The van der Waals surface area contributed by atoms with Crippen molar-refractivity contribution in [2.45, 2.75) is 45.2 Å². The summed E-state index contributed by atoms with van der Waals surface area (Å²) in [5.74, 6) is 0.548. The summed E-state index contributed by atoms with van der Waals surface area (Å²) in [5.41, 5.74) is 5.61. The molecule has 2 heterocycles. The molecule has 0 saturated carbocycles. The Labute approximate surface area is 124 Å². The number of nitrogens with two attached hydrogens (primary N) is 1. The molecular formula is C14H23N5O2. The summed E-state index contributed by atoms with van der Waals surface area (Å²) in [6.07, 6.45) is 2.18. The quantitative estimate of drug-likeness (QED) is 0.655. The second-order valence-electron chi connectivity index (χ2n) is 6.46. The zero-order valence-corrected chi connectivity index (χ0v) is 12.8. The maximum atomic E-state index is 10.7. The van der Waals surface area contributed by atoms with Crippen LogP contribution in [0.15, 0.2) is 12.1 Å². The van der Waals surface area contributed by atoms with Gasteiger partial charge in [0.05, 0.1) is 4.92 Å². The van der Waals surface area contributed by atoms with Gasteiger partial charge in [0.2, 0.25) is 5.82 Å². The van der Waals surface area contributed by atoms with Crippen LogP contribution in [0.4, 0.5) is 17.3 Å². The summed E-state index contributed by atoms with van der Waals surface area (Å²) < 4.78 is 0. The summed E-state index contributed by atoms with van der Waals surface area (Å²) in [7, 11) is 0. The number of nitrogens with one attached hydrogen (secondary N) is 1. The van der Waals surface area contributed by atoms with Crippen molar-refractivity contribution in [3.63, 3.8) is 0 Å². The number of piperidine rings is 1. The zero-order chi connectivity index (χ0) is 15.6. The number of rotatable bonds is 3. The minimum absolute atomic E-state index is 0.0477. The summed E-state index contributed by atoms with van der Waals surface area (Å²) in [6.45, 7) is 8.64. The van der Waals surface area contributed by atoms with Crippen molar-refractivity contribution in [3.05, 3.63) is 22.2 Å². The van der Waals surface area contributed by atoms with E-state index in [1.165, 1.54) is 6.07 Å². The second-order valence-corrected chi connectivity index (χ2v) is 6.46. The number of hydrogen-bond donors (Lipinski definition) is 2. The van der Waals surface area contributed by atoms with Crippen molar-refractivity contribution in [3.8, 4) is 0 Å². The summed E-state index contributed by atoms with van der Waals surface area (Å²) in [4.78, 5) is 16.7. The first-order chi connectivity index (χ1) is 9.77. The Bertz CT molecular complexity index is 527. The van der Waals surface area contributed by atoms with Gasteiger partial charge in [0.25, 0.3) is 0 Å². The molecule has 0 amide bonds. The van der Waals surface area contributed by atoms with Crippen molar-refractivity contribution in [1.29, 1.82) is 0 Å². The number of hydrogen-bond acceptors (Lipinski definition) is 6. The van der Waals surface area contributed by atoms with Crippen LogP contribution in [0.3, 0.4) is 0 Å². The molecule has 1 aromatic heterocycles. The van der Waals surface area contributed by atoms with Crippen molar-refractivity contribution in [1.82, 2.24) is 9.88 Å². The Balaban J connectivity index is 2.05. The van der Waals surface area contributed by atoms with E-state index in [0.29, 0.717) is 5.82 Å². The predicted octanol–water partition coefficient (Wildman–Crippen LogP) is 2.25. The van der Waals surface area contributed by atoms with Crippen molar-refractivity contribution in [2.75, 3.05) is 24.1 Å². The SMILES string of the molecule is CC(C)(C)N1CCCC(Nc2ccc([N+](=O)[O-])c(N)n2)C1. The Morgan fingerprint density at radius 3 is 2.76 bits per heavy atom.